The molecule has 0 saturated heterocycles. The highest BCUT2D eigenvalue weighted by atomic mass is 16.5. The van der Waals surface area contributed by atoms with Gasteiger partial charge in [0.1, 0.15) is 17.3 Å². The number of ketones is 1. The highest BCUT2D eigenvalue weighted by Gasteiger charge is 2.17. The molecule has 24 heavy (non-hydrogen) atoms. The average Bonchev–Trinajstić information content (AvgIpc) is 2.52. The van der Waals surface area contributed by atoms with Crippen molar-refractivity contribution in [1.82, 2.24) is 5.32 Å². The summed E-state index contributed by atoms with van der Waals surface area (Å²) in [5, 5.41) is 11.2. The zero-order valence-electron chi connectivity index (χ0n) is 13.3. The molecule has 1 aromatic rings. The largest absolute Gasteiger partial charge is 0.453 e. The Balaban J connectivity index is 2.89. The molecule has 1 rings (SSSR count). The summed E-state index contributed by atoms with van der Waals surface area (Å²) in [5.41, 5.74) is 5.73. The number of esters is 1. The lowest BCUT2D eigenvalue weighted by atomic mass is 10.1. The number of Topliss-reactive ketones (excluding diaryl/α,β-unsaturated/α-hetero) is 1. The van der Waals surface area contributed by atoms with E-state index in [1.165, 1.54) is 19.9 Å². The van der Waals surface area contributed by atoms with Gasteiger partial charge in [-0.1, -0.05) is 30.3 Å². The Morgan fingerprint density at radius 2 is 1.88 bits per heavy atom. The molecule has 1 aromatic carbocycles. The van der Waals surface area contributed by atoms with Crippen LogP contribution in [-0.2, 0) is 19.1 Å². The van der Waals surface area contributed by atoms with Crippen LogP contribution in [0.3, 0.4) is 0 Å². The van der Waals surface area contributed by atoms with Crippen molar-refractivity contribution < 1.29 is 19.1 Å². The molecule has 0 aliphatic rings. The van der Waals surface area contributed by atoms with Crippen molar-refractivity contribution in [1.29, 1.82) is 5.26 Å². The molecule has 0 fully saturated rings. The van der Waals surface area contributed by atoms with Gasteiger partial charge in [0.2, 0.25) is 11.7 Å². The van der Waals surface area contributed by atoms with Crippen LogP contribution >= 0.6 is 0 Å². The predicted octanol–water partition coefficient (Wildman–Crippen LogP) is 1.03. The predicted molar refractivity (Wildman–Crippen MR) is 86.7 cm³/mol. The number of nitrogens with zero attached hydrogens (tertiary/aromatic N) is 1. The van der Waals surface area contributed by atoms with Gasteiger partial charge in [0.15, 0.2) is 6.61 Å². The average molecular weight is 327 g/mol. The van der Waals surface area contributed by atoms with Gasteiger partial charge in [-0.15, -0.1) is 0 Å². The highest BCUT2D eigenvalue weighted by Crippen LogP contribution is 2.07. The minimum atomic E-state index is -0.894. The lowest BCUT2D eigenvalue weighted by molar-refractivity contribution is -0.143. The minimum Gasteiger partial charge on any atom is -0.453 e. The summed E-state index contributed by atoms with van der Waals surface area (Å²) in [6.07, 6.45) is 1.42. The van der Waals surface area contributed by atoms with Gasteiger partial charge in [0.25, 0.3) is 0 Å². The Labute approximate surface area is 139 Å². The molecular formula is C17H17N3O4. The second-order valence-electron chi connectivity index (χ2n) is 4.82. The van der Waals surface area contributed by atoms with Crippen molar-refractivity contribution in [2.45, 2.75) is 13.8 Å². The van der Waals surface area contributed by atoms with Crippen LogP contribution in [0.25, 0.3) is 6.08 Å². The van der Waals surface area contributed by atoms with Gasteiger partial charge in [-0.25, -0.2) is 4.79 Å². The summed E-state index contributed by atoms with van der Waals surface area (Å²) in [4.78, 5) is 35.1. The third kappa shape index (κ3) is 5.77. The lowest BCUT2D eigenvalue weighted by Crippen LogP contribution is -2.28. The second-order valence-corrected chi connectivity index (χ2v) is 4.82. The zero-order chi connectivity index (χ0) is 18.1. The van der Waals surface area contributed by atoms with Gasteiger partial charge >= 0.3 is 5.97 Å². The van der Waals surface area contributed by atoms with Crippen molar-refractivity contribution in [2.24, 2.45) is 5.73 Å². The smallest absolute Gasteiger partial charge is 0.355 e. The normalized spacial score (nSPS) is 11.8. The van der Waals surface area contributed by atoms with E-state index in [9.17, 15) is 14.4 Å². The molecule has 0 spiro atoms. The molecule has 7 nitrogen and oxygen atoms in total. The summed E-state index contributed by atoms with van der Waals surface area (Å²) >= 11 is 0. The van der Waals surface area contributed by atoms with E-state index >= 15 is 0 Å². The fourth-order valence-electron chi connectivity index (χ4n) is 1.70. The molecule has 0 atom stereocenters. The molecule has 0 unspecified atom stereocenters. The summed E-state index contributed by atoms with van der Waals surface area (Å²) in [5.74, 6) is -2.07. The van der Waals surface area contributed by atoms with E-state index in [2.05, 4.69) is 5.32 Å². The summed E-state index contributed by atoms with van der Waals surface area (Å²) in [6, 6.07) is 10.4. The van der Waals surface area contributed by atoms with Crippen molar-refractivity contribution in [2.75, 3.05) is 6.61 Å². The number of carbonyl (C=O) groups is 3. The Kier molecular flexibility index (Phi) is 6.92. The van der Waals surface area contributed by atoms with E-state index in [0.717, 1.165) is 0 Å². The molecule has 0 bridgehead atoms. The molecule has 7 heteroatoms. The fourth-order valence-corrected chi connectivity index (χ4v) is 1.70. The molecule has 0 aromatic heterocycles. The van der Waals surface area contributed by atoms with Gasteiger partial charge in [0, 0.05) is 12.6 Å². The molecule has 3 N–H and O–H groups in total. The number of benzene rings is 1. The number of nitrogens with two attached hydrogens (primary N) is 1. The van der Waals surface area contributed by atoms with Crippen LogP contribution in [0.15, 0.2) is 47.3 Å². The van der Waals surface area contributed by atoms with E-state index in [1.807, 2.05) is 0 Å². The molecule has 0 aliphatic carbocycles. The standard InChI is InChI=1S/C17H17N3O4/c1-11(19)14(9-18)16(22)10-24-17(23)15(20-12(2)21)8-13-6-4-3-5-7-13/h3-8H,10,19H2,1-2H3,(H,20,21). The Hall–Kier alpha value is -3.40. The Morgan fingerprint density at radius 1 is 1.25 bits per heavy atom. The minimum absolute atomic E-state index is 0.0421. The Morgan fingerprint density at radius 3 is 2.38 bits per heavy atom. The highest BCUT2D eigenvalue weighted by molar-refractivity contribution is 6.03. The first-order valence-corrected chi connectivity index (χ1v) is 6.96. The molecule has 1 amide bonds. The van der Waals surface area contributed by atoms with Crippen molar-refractivity contribution >= 4 is 23.7 Å². The van der Waals surface area contributed by atoms with Crippen LogP contribution < -0.4 is 11.1 Å². The molecule has 0 radical (unpaired) electrons. The SMILES string of the molecule is CC(=O)NC(=Cc1ccccc1)C(=O)OCC(=O)C(C#N)=C(C)N. The number of hydrogen-bond acceptors (Lipinski definition) is 6. The van der Waals surface area contributed by atoms with Crippen LogP contribution in [0.1, 0.15) is 19.4 Å². The first kappa shape index (κ1) is 18.6. The maximum absolute atomic E-state index is 12.1. The number of carbonyl (C=O) groups excluding carboxylic acids is 3. The van der Waals surface area contributed by atoms with Crippen LogP contribution in [0.5, 0.6) is 0 Å². The van der Waals surface area contributed by atoms with Crippen molar-refractivity contribution in [3.05, 3.63) is 52.9 Å². The number of nitrogens with one attached hydrogen (secondary N) is 1. The maximum atomic E-state index is 12.1. The van der Waals surface area contributed by atoms with Crippen LogP contribution in [0.2, 0.25) is 0 Å². The van der Waals surface area contributed by atoms with Gasteiger partial charge in [-0.3, -0.25) is 9.59 Å². The fraction of sp³-hybridized carbons (Fsp3) is 0.176. The molecule has 0 heterocycles. The van der Waals surface area contributed by atoms with Crippen molar-refractivity contribution in [3.8, 4) is 6.07 Å². The summed E-state index contributed by atoms with van der Waals surface area (Å²) < 4.78 is 4.86. The van der Waals surface area contributed by atoms with Crippen LogP contribution in [0.4, 0.5) is 0 Å². The number of rotatable bonds is 6. The molecule has 0 saturated carbocycles. The zero-order valence-corrected chi connectivity index (χ0v) is 13.3. The quantitative estimate of drug-likeness (QED) is 0.457. The van der Waals surface area contributed by atoms with Gasteiger partial charge in [-0.05, 0) is 18.6 Å². The Bertz CT molecular complexity index is 739. The second kappa shape index (κ2) is 8.90. The lowest BCUT2D eigenvalue weighted by Gasteiger charge is -2.09. The molecule has 0 aliphatic heterocycles. The first-order chi connectivity index (χ1) is 11.3. The number of ether oxygens (including phenoxy) is 1. The molecular weight excluding hydrogens is 310 g/mol. The first-order valence-electron chi connectivity index (χ1n) is 6.96. The van der Waals surface area contributed by atoms with E-state index in [4.69, 9.17) is 15.7 Å². The topological polar surface area (TPSA) is 122 Å². The summed E-state index contributed by atoms with van der Waals surface area (Å²) in [7, 11) is 0. The van der Waals surface area contributed by atoms with E-state index in [-0.39, 0.29) is 17.0 Å². The van der Waals surface area contributed by atoms with Gasteiger partial charge in [0.05, 0.1) is 0 Å². The third-order valence-corrected chi connectivity index (χ3v) is 2.76. The monoisotopic (exact) mass is 327 g/mol. The van der Waals surface area contributed by atoms with E-state index < -0.39 is 24.3 Å². The van der Waals surface area contributed by atoms with Crippen LogP contribution in [-0.4, -0.2) is 24.3 Å². The van der Waals surface area contributed by atoms with E-state index in [0.29, 0.717) is 5.56 Å². The number of amides is 1. The summed E-state index contributed by atoms with van der Waals surface area (Å²) in [6.45, 7) is 1.99. The van der Waals surface area contributed by atoms with E-state index in [1.54, 1.807) is 36.4 Å². The third-order valence-electron chi connectivity index (χ3n) is 2.76. The number of nitriles is 1. The number of hydrogen-bond donors (Lipinski definition) is 2. The number of allylic oxidation sites excluding steroid dienone is 1. The molecule has 124 valence electrons. The van der Waals surface area contributed by atoms with Gasteiger partial charge in [-0.2, -0.15) is 5.26 Å². The van der Waals surface area contributed by atoms with Gasteiger partial charge < -0.3 is 15.8 Å². The van der Waals surface area contributed by atoms with Crippen LogP contribution in [0, 0.1) is 11.3 Å². The maximum Gasteiger partial charge on any atom is 0.355 e. The van der Waals surface area contributed by atoms with Crippen molar-refractivity contribution in [3.63, 3.8) is 0 Å².